The normalized spacial score (nSPS) is 13.6. The lowest BCUT2D eigenvalue weighted by Gasteiger charge is -2.48. The molecule has 15 heteroatoms. The van der Waals surface area contributed by atoms with E-state index in [4.69, 9.17) is 14.2 Å². The number of benzene rings is 6. The number of sulfone groups is 1. The molecule has 2 N–H and O–H groups in total. The van der Waals surface area contributed by atoms with Crippen LogP contribution in [0.2, 0.25) is 0 Å². The van der Waals surface area contributed by atoms with Gasteiger partial charge in [-0.3, -0.25) is 9.11 Å². The van der Waals surface area contributed by atoms with E-state index in [2.05, 4.69) is 33.8 Å². The van der Waals surface area contributed by atoms with Gasteiger partial charge >= 0.3 is 0 Å². The van der Waals surface area contributed by atoms with E-state index in [1.807, 2.05) is 73.7 Å². The summed E-state index contributed by atoms with van der Waals surface area (Å²) in [7, 11) is -14.4. The van der Waals surface area contributed by atoms with Crippen molar-refractivity contribution < 1.29 is 48.6 Å². The number of nitrogens with zero attached hydrogens (tertiary/aromatic N) is 1. The Bertz CT molecular complexity index is 3110. The molecule has 0 aliphatic rings. The smallest absolute Gasteiger partial charge is 0.298 e. The SMILES string of the molecule is CCC(C)c1ccc(S(=O)(=O)c2ccc(Oc3ccc(-c4ccc(OC(C)(CC)C(CC)(CC)c5cccc(Oc6ccc(C)cc6)c5C#N)cc4)cc3)c(S(=O)(=O)O)c2)cc1S(=O)(=O)O. The van der Waals surface area contributed by atoms with Crippen LogP contribution in [0.25, 0.3) is 11.1 Å². The lowest BCUT2D eigenvalue weighted by atomic mass is 9.62. The van der Waals surface area contributed by atoms with Gasteiger partial charge in [-0.1, -0.05) is 94.8 Å². The van der Waals surface area contributed by atoms with Crippen molar-refractivity contribution >= 4 is 30.1 Å². The Morgan fingerprint density at radius 3 is 1.62 bits per heavy atom. The molecule has 0 aliphatic heterocycles. The average Bonchev–Trinajstić information content (AvgIpc) is 3.30. The quantitative estimate of drug-likeness (QED) is 0.0775. The number of hydrogen-bond donors (Lipinski definition) is 2. The van der Waals surface area contributed by atoms with Crippen molar-refractivity contribution in [3.8, 4) is 45.9 Å². The lowest BCUT2D eigenvalue weighted by molar-refractivity contribution is -0.00845. The zero-order valence-corrected chi connectivity index (χ0v) is 40.2. The van der Waals surface area contributed by atoms with Gasteiger partial charge in [0.05, 0.1) is 20.2 Å². The largest absolute Gasteiger partial charge is 0.487 e. The molecule has 0 saturated heterocycles. The van der Waals surface area contributed by atoms with E-state index in [-0.39, 0.29) is 23.0 Å². The molecule has 0 aromatic heterocycles. The first kappa shape index (κ1) is 49.4. The fourth-order valence-electron chi connectivity index (χ4n) is 8.46. The molecule has 66 heavy (non-hydrogen) atoms. The first-order chi connectivity index (χ1) is 31.1. The summed E-state index contributed by atoms with van der Waals surface area (Å²) in [5.41, 5.74) is 2.93. The van der Waals surface area contributed by atoms with Crippen LogP contribution < -0.4 is 14.2 Å². The maximum Gasteiger partial charge on any atom is 0.298 e. The minimum Gasteiger partial charge on any atom is -0.487 e. The van der Waals surface area contributed by atoms with Gasteiger partial charge in [-0.05, 0) is 140 Å². The van der Waals surface area contributed by atoms with Gasteiger partial charge in [-0.2, -0.15) is 22.1 Å². The van der Waals surface area contributed by atoms with Gasteiger partial charge in [0.25, 0.3) is 20.2 Å². The zero-order chi connectivity index (χ0) is 48.2. The highest BCUT2D eigenvalue weighted by Gasteiger charge is 2.49. The van der Waals surface area contributed by atoms with Crippen LogP contribution in [0.5, 0.6) is 28.7 Å². The van der Waals surface area contributed by atoms with Gasteiger partial charge in [0, 0.05) is 5.41 Å². The standard InChI is InChI=1S/C51H53NO11S3/c1-8-35(6)43-29-27-41(31-48(43)65(55,56)57)64(53,54)42-28-30-47(49(32-42)66(58,59)60)62-39-23-17-36(18-24-39)37-19-25-40(26-20-37)63-50(7,9-2)51(10-3,11-4)45-13-12-14-46(44(45)33-52)61-38-21-15-34(5)16-22-38/h12-32,35H,8-11H2,1-7H3,(H,55,56,57)(H,58,59,60). The molecule has 346 valence electrons. The predicted octanol–water partition coefficient (Wildman–Crippen LogP) is 12.3. The summed E-state index contributed by atoms with van der Waals surface area (Å²) in [6.07, 6.45) is 2.51. The van der Waals surface area contributed by atoms with Crippen molar-refractivity contribution in [2.75, 3.05) is 0 Å². The van der Waals surface area contributed by atoms with Crippen LogP contribution in [0.4, 0.5) is 0 Å². The molecule has 0 amide bonds. The molecular formula is C51H53NO11S3. The van der Waals surface area contributed by atoms with Gasteiger partial charge in [0.2, 0.25) is 9.84 Å². The fourth-order valence-corrected chi connectivity index (χ4v) is 11.4. The van der Waals surface area contributed by atoms with Crippen molar-refractivity contribution in [2.45, 2.75) is 111 Å². The van der Waals surface area contributed by atoms with E-state index < -0.39 is 60.7 Å². The Hall–Kier alpha value is -6.02. The number of nitriles is 1. The van der Waals surface area contributed by atoms with E-state index >= 15 is 0 Å². The van der Waals surface area contributed by atoms with Gasteiger partial charge in [-0.25, -0.2) is 8.42 Å². The highest BCUT2D eigenvalue weighted by molar-refractivity contribution is 7.91. The van der Waals surface area contributed by atoms with Gasteiger partial charge in [0.1, 0.15) is 45.3 Å². The van der Waals surface area contributed by atoms with Crippen LogP contribution in [0, 0.1) is 18.3 Å². The summed E-state index contributed by atoms with van der Waals surface area (Å²) in [4.78, 5) is -2.50. The Morgan fingerprint density at radius 1 is 0.621 bits per heavy atom. The van der Waals surface area contributed by atoms with Gasteiger partial charge in [-0.15, -0.1) is 0 Å². The second-order valence-corrected chi connectivity index (χ2v) is 21.1. The van der Waals surface area contributed by atoms with Crippen LogP contribution in [-0.2, 0) is 35.5 Å². The number of rotatable bonds is 18. The Labute approximate surface area is 388 Å². The van der Waals surface area contributed by atoms with Crippen molar-refractivity contribution in [3.63, 3.8) is 0 Å². The summed E-state index contributed by atoms with van der Waals surface area (Å²) in [5, 5.41) is 10.5. The number of aryl methyl sites for hydroxylation is 1. The molecule has 2 atom stereocenters. The third kappa shape index (κ3) is 10.0. The zero-order valence-electron chi connectivity index (χ0n) is 37.8. The minimum atomic E-state index is -5.05. The molecule has 6 aromatic rings. The monoisotopic (exact) mass is 951 g/mol. The minimum absolute atomic E-state index is 0.178. The maximum atomic E-state index is 13.7. The summed E-state index contributed by atoms with van der Waals surface area (Å²) in [5.74, 6) is 1.24. The van der Waals surface area contributed by atoms with Crippen LogP contribution in [-0.4, -0.2) is 40.0 Å². The third-order valence-corrected chi connectivity index (χ3v) is 16.2. The molecule has 6 rings (SSSR count). The van der Waals surface area contributed by atoms with Crippen LogP contribution in [0.15, 0.2) is 147 Å². The molecule has 0 saturated carbocycles. The predicted molar refractivity (Wildman–Crippen MR) is 253 cm³/mol. The molecule has 2 unspecified atom stereocenters. The second-order valence-electron chi connectivity index (χ2n) is 16.4. The molecular weight excluding hydrogens is 899 g/mol. The lowest BCUT2D eigenvalue weighted by Crippen LogP contribution is -2.53. The number of ether oxygens (including phenoxy) is 3. The third-order valence-electron chi connectivity index (χ3n) is 12.6. The van der Waals surface area contributed by atoms with Gasteiger partial charge < -0.3 is 14.2 Å². The van der Waals surface area contributed by atoms with E-state index in [0.29, 0.717) is 48.5 Å². The van der Waals surface area contributed by atoms with Crippen molar-refractivity contribution in [3.05, 3.63) is 150 Å². The molecule has 0 aliphatic carbocycles. The average molecular weight is 952 g/mol. The van der Waals surface area contributed by atoms with Crippen molar-refractivity contribution in [2.24, 2.45) is 0 Å². The molecule has 0 fully saturated rings. The summed E-state index contributed by atoms with van der Waals surface area (Å²) >= 11 is 0. The van der Waals surface area contributed by atoms with E-state index in [1.54, 1.807) is 38.1 Å². The summed E-state index contributed by atoms with van der Waals surface area (Å²) in [6, 6.07) is 36.2. The second kappa shape index (κ2) is 19.4. The molecule has 0 spiro atoms. The highest BCUT2D eigenvalue weighted by atomic mass is 32.2. The Balaban J connectivity index is 1.23. The molecule has 12 nitrogen and oxygen atoms in total. The van der Waals surface area contributed by atoms with Crippen molar-refractivity contribution in [1.82, 2.24) is 0 Å². The molecule has 0 bridgehead atoms. The fraction of sp³-hybridized carbons (Fsp3) is 0.275. The highest BCUT2D eigenvalue weighted by Crippen LogP contribution is 2.49. The molecule has 0 radical (unpaired) electrons. The van der Waals surface area contributed by atoms with E-state index in [1.165, 1.54) is 12.1 Å². The van der Waals surface area contributed by atoms with Crippen molar-refractivity contribution in [1.29, 1.82) is 5.26 Å². The van der Waals surface area contributed by atoms with Crippen LogP contribution >= 0.6 is 0 Å². The topological polar surface area (TPSA) is 194 Å². The van der Waals surface area contributed by atoms with Crippen LogP contribution in [0.1, 0.15) is 95.4 Å². The van der Waals surface area contributed by atoms with Crippen LogP contribution in [0.3, 0.4) is 0 Å². The first-order valence-electron chi connectivity index (χ1n) is 21.5. The molecule has 0 heterocycles. The summed E-state index contributed by atoms with van der Waals surface area (Å²) < 4.78 is 116. The Kier molecular flexibility index (Phi) is 14.6. The molecule has 6 aromatic carbocycles. The van der Waals surface area contributed by atoms with E-state index in [9.17, 15) is 39.6 Å². The van der Waals surface area contributed by atoms with Gasteiger partial charge in [0.15, 0.2) is 0 Å². The Morgan fingerprint density at radius 2 is 1.12 bits per heavy atom. The van der Waals surface area contributed by atoms with E-state index in [0.717, 1.165) is 46.5 Å². The first-order valence-corrected chi connectivity index (χ1v) is 25.8. The number of hydrogen-bond acceptors (Lipinski definition) is 10. The summed E-state index contributed by atoms with van der Waals surface area (Å²) in [6.45, 7) is 13.9. The maximum absolute atomic E-state index is 13.7.